The first-order valence-corrected chi connectivity index (χ1v) is 6.02. The predicted molar refractivity (Wildman–Crippen MR) is 67.8 cm³/mol. The van der Waals surface area contributed by atoms with Crippen LogP contribution < -0.4 is 4.74 Å². The van der Waals surface area contributed by atoms with Crippen LogP contribution in [0.1, 0.15) is 19.0 Å². The van der Waals surface area contributed by atoms with E-state index in [0.29, 0.717) is 0 Å². The number of hydrogen-bond acceptors (Lipinski definition) is 3. The quantitative estimate of drug-likeness (QED) is 0.865. The molecule has 1 heterocycles. The van der Waals surface area contributed by atoms with Crippen molar-refractivity contribution in [1.29, 1.82) is 0 Å². The molecule has 2 aromatic rings. The Kier molecular flexibility index (Phi) is 3.39. The van der Waals surface area contributed by atoms with Crippen molar-refractivity contribution in [3.05, 3.63) is 28.6 Å². The maximum atomic E-state index is 5.25. The third kappa shape index (κ3) is 2.02. The van der Waals surface area contributed by atoms with Crippen LogP contribution in [0.15, 0.2) is 22.9 Å². The minimum Gasteiger partial charge on any atom is -0.495 e. The molecule has 0 amide bonds. The average Bonchev–Trinajstić information content (AvgIpc) is 2.29. The van der Waals surface area contributed by atoms with E-state index in [0.717, 1.165) is 39.7 Å². The highest BCUT2D eigenvalue weighted by Gasteiger charge is 2.07. The Morgan fingerprint density at radius 2 is 2.12 bits per heavy atom. The van der Waals surface area contributed by atoms with Gasteiger partial charge in [-0.15, -0.1) is 0 Å². The van der Waals surface area contributed by atoms with Crippen LogP contribution >= 0.6 is 15.9 Å². The Hall–Kier alpha value is -1.16. The van der Waals surface area contributed by atoms with Crippen molar-refractivity contribution in [2.75, 3.05) is 7.11 Å². The summed E-state index contributed by atoms with van der Waals surface area (Å²) in [5.74, 6) is 0.800. The van der Waals surface area contributed by atoms with E-state index in [-0.39, 0.29) is 0 Å². The normalized spacial score (nSPS) is 10.7. The van der Waals surface area contributed by atoms with Gasteiger partial charge >= 0.3 is 0 Å². The van der Waals surface area contributed by atoms with Gasteiger partial charge in [-0.2, -0.15) is 0 Å². The second-order valence-corrected chi connectivity index (χ2v) is 4.43. The van der Waals surface area contributed by atoms with Crippen molar-refractivity contribution in [3.63, 3.8) is 0 Å². The molecule has 0 aliphatic heterocycles. The molecular formula is C12H13BrN2O. The molecule has 0 aliphatic carbocycles. The summed E-state index contributed by atoms with van der Waals surface area (Å²) in [5, 5.41) is 1.09. The molecule has 0 saturated heterocycles. The summed E-state index contributed by atoms with van der Waals surface area (Å²) in [7, 11) is 1.65. The first-order chi connectivity index (χ1) is 7.76. The largest absolute Gasteiger partial charge is 0.495 e. The van der Waals surface area contributed by atoms with Gasteiger partial charge in [-0.25, -0.2) is 9.97 Å². The molecule has 1 aromatic carbocycles. The third-order valence-corrected chi connectivity index (χ3v) is 3.10. The van der Waals surface area contributed by atoms with Crippen molar-refractivity contribution in [1.82, 2.24) is 9.97 Å². The summed E-state index contributed by atoms with van der Waals surface area (Å²) >= 11 is 3.48. The maximum absolute atomic E-state index is 5.25. The zero-order chi connectivity index (χ0) is 11.5. The number of fused-ring (bicyclic) bond motifs is 1. The number of hydrogen-bond donors (Lipinski definition) is 0. The number of ether oxygens (including phenoxy) is 1. The molecule has 0 bridgehead atoms. The van der Waals surface area contributed by atoms with Gasteiger partial charge in [-0.05, 0) is 28.4 Å². The van der Waals surface area contributed by atoms with Crippen LogP contribution in [0.25, 0.3) is 10.9 Å². The van der Waals surface area contributed by atoms with E-state index in [1.54, 1.807) is 13.4 Å². The summed E-state index contributed by atoms with van der Waals surface area (Å²) in [4.78, 5) is 8.58. The number of rotatable bonds is 3. The second-order valence-electron chi connectivity index (χ2n) is 3.57. The lowest BCUT2D eigenvalue weighted by Crippen LogP contribution is -1.94. The zero-order valence-electron chi connectivity index (χ0n) is 9.33. The second kappa shape index (κ2) is 4.78. The van der Waals surface area contributed by atoms with Crippen LogP contribution in [0.3, 0.4) is 0 Å². The fourth-order valence-electron chi connectivity index (χ4n) is 1.70. The van der Waals surface area contributed by atoms with E-state index in [1.807, 2.05) is 12.1 Å². The number of halogens is 1. The van der Waals surface area contributed by atoms with Crippen LogP contribution in [0.2, 0.25) is 0 Å². The summed E-state index contributed by atoms with van der Waals surface area (Å²) < 4.78 is 6.19. The zero-order valence-corrected chi connectivity index (χ0v) is 10.9. The fraction of sp³-hybridized carbons (Fsp3) is 0.333. The van der Waals surface area contributed by atoms with Crippen molar-refractivity contribution < 1.29 is 4.74 Å². The Balaban J connectivity index is 2.64. The van der Waals surface area contributed by atoms with Crippen molar-refractivity contribution >= 4 is 26.8 Å². The first kappa shape index (κ1) is 11.3. The topological polar surface area (TPSA) is 35.0 Å². The van der Waals surface area contributed by atoms with Gasteiger partial charge in [0.25, 0.3) is 0 Å². The molecule has 0 radical (unpaired) electrons. The van der Waals surface area contributed by atoms with E-state index in [1.165, 1.54) is 0 Å². The predicted octanol–water partition coefficient (Wildman–Crippen LogP) is 3.35. The molecule has 0 fully saturated rings. The van der Waals surface area contributed by atoms with E-state index in [9.17, 15) is 0 Å². The van der Waals surface area contributed by atoms with Crippen LogP contribution in [0.5, 0.6) is 5.75 Å². The van der Waals surface area contributed by atoms with E-state index in [2.05, 4.69) is 32.8 Å². The molecule has 16 heavy (non-hydrogen) atoms. The lowest BCUT2D eigenvalue weighted by molar-refractivity contribution is 0.412. The average molecular weight is 281 g/mol. The van der Waals surface area contributed by atoms with Gasteiger partial charge in [-0.3, -0.25) is 0 Å². The Labute approximate surface area is 103 Å². The SMILES string of the molecule is CCCc1ncnc2cc(OC)c(Br)cc12. The van der Waals surface area contributed by atoms with E-state index < -0.39 is 0 Å². The number of methoxy groups -OCH3 is 1. The molecule has 4 heteroatoms. The molecular weight excluding hydrogens is 268 g/mol. The van der Waals surface area contributed by atoms with Crippen LogP contribution in [0.4, 0.5) is 0 Å². The molecule has 1 aromatic heterocycles. The van der Waals surface area contributed by atoms with Gasteiger partial charge < -0.3 is 4.74 Å². The number of nitrogens with zero attached hydrogens (tertiary/aromatic N) is 2. The highest BCUT2D eigenvalue weighted by Crippen LogP contribution is 2.30. The first-order valence-electron chi connectivity index (χ1n) is 5.23. The summed E-state index contributed by atoms with van der Waals surface area (Å²) in [5.41, 5.74) is 2.02. The summed E-state index contributed by atoms with van der Waals surface area (Å²) in [6.45, 7) is 2.15. The van der Waals surface area contributed by atoms with E-state index >= 15 is 0 Å². The van der Waals surface area contributed by atoms with Crippen LogP contribution in [0, 0.1) is 0 Å². The smallest absolute Gasteiger partial charge is 0.135 e. The van der Waals surface area contributed by atoms with Gasteiger partial charge in [0, 0.05) is 11.5 Å². The maximum Gasteiger partial charge on any atom is 0.135 e. The van der Waals surface area contributed by atoms with Crippen molar-refractivity contribution in [3.8, 4) is 5.75 Å². The van der Waals surface area contributed by atoms with E-state index in [4.69, 9.17) is 4.74 Å². The Morgan fingerprint density at radius 1 is 1.31 bits per heavy atom. The highest BCUT2D eigenvalue weighted by atomic mass is 79.9. The van der Waals surface area contributed by atoms with Crippen molar-refractivity contribution in [2.24, 2.45) is 0 Å². The monoisotopic (exact) mass is 280 g/mol. The van der Waals surface area contributed by atoms with Gasteiger partial charge in [-0.1, -0.05) is 13.3 Å². The summed E-state index contributed by atoms with van der Waals surface area (Å²) in [6.07, 6.45) is 3.66. The molecule has 0 atom stereocenters. The molecule has 0 saturated carbocycles. The minimum absolute atomic E-state index is 0.800. The standard InChI is InChI=1S/C12H13BrN2O/c1-3-4-10-8-5-9(13)12(16-2)6-11(8)15-7-14-10/h5-7H,3-4H2,1-2H3. The molecule has 84 valence electrons. The van der Waals surface area contributed by atoms with Gasteiger partial charge in [0.1, 0.15) is 12.1 Å². The van der Waals surface area contributed by atoms with Crippen LogP contribution in [-0.2, 0) is 6.42 Å². The molecule has 0 unspecified atom stereocenters. The van der Waals surface area contributed by atoms with Crippen LogP contribution in [-0.4, -0.2) is 17.1 Å². The number of benzene rings is 1. The molecule has 3 nitrogen and oxygen atoms in total. The molecule has 2 rings (SSSR count). The lowest BCUT2D eigenvalue weighted by Gasteiger charge is -2.07. The van der Waals surface area contributed by atoms with Gasteiger partial charge in [0.05, 0.1) is 22.8 Å². The Bertz CT molecular complexity index is 514. The minimum atomic E-state index is 0.800. The highest BCUT2D eigenvalue weighted by molar-refractivity contribution is 9.10. The van der Waals surface area contributed by atoms with Gasteiger partial charge in [0.15, 0.2) is 0 Å². The third-order valence-electron chi connectivity index (χ3n) is 2.48. The number of aromatic nitrogens is 2. The molecule has 0 aliphatic rings. The van der Waals surface area contributed by atoms with Crippen molar-refractivity contribution in [2.45, 2.75) is 19.8 Å². The summed E-state index contributed by atoms with van der Waals surface area (Å²) in [6, 6.07) is 3.96. The lowest BCUT2D eigenvalue weighted by atomic mass is 10.1. The molecule has 0 spiro atoms. The number of aryl methyl sites for hydroxylation is 1. The fourth-order valence-corrected chi connectivity index (χ4v) is 2.21. The van der Waals surface area contributed by atoms with Gasteiger partial charge in [0.2, 0.25) is 0 Å². The molecule has 0 N–H and O–H groups in total. The Morgan fingerprint density at radius 3 is 2.81 bits per heavy atom.